The van der Waals surface area contributed by atoms with Crippen LogP contribution in [0.1, 0.15) is 21.5 Å². The summed E-state index contributed by atoms with van der Waals surface area (Å²) in [5, 5.41) is 1.14. The zero-order valence-electron chi connectivity index (χ0n) is 10.2. The van der Waals surface area contributed by atoms with Crippen LogP contribution in [0.5, 0.6) is 0 Å². The van der Waals surface area contributed by atoms with E-state index in [4.69, 9.17) is 23.2 Å². The molecule has 0 aliphatic rings. The fourth-order valence-electron chi connectivity index (χ4n) is 1.85. The largest absolute Gasteiger partial charge is 0.294 e. The third kappa shape index (κ3) is 3.82. The van der Waals surface area contributed by atoms with Crippen LogP contribution in [0.15, 0.2) is 40.9 Å². The number of halogens is 3. The van der Waals surface area contributed by atoms with Gasteiger partial charge in [-0.25, -0.2) is 0 Å². The lowest BCUT2D eigenvalue weighted by Crippen LogP contribution is -2.04. The molecule has 0 heterocycles. The van der Waals surface area contributed by atoms with Gasteiger partial charge in [-0.3, -0.25) is 4.79 Å². The maximum atomic E-state index is 12.3. The van der Waals surface area contributed by atoms with E-state index in [-0.39, 0.29) is 12.2 Å². The predicted octanol–water partition coefficient (Wildman–Crippen LogP) is 5.49. The van der Waals surface area contributed by atoms with Crippen LogP contribution in [0.4, 0.5) is 0 Å². The van der Waals surface area contributed by atoms with Gasteiger partial charge >= 0.3 is 0 Å². The molecule has 0 saturated heterocycles. The van der Waals surface area contributed by atoms with Gasteiger partial charge in [-0.1, -0.05) is 39.1 Å². The molecular weight excluding hydrogens is 347 g/mol. The fraction of sp³-hybridized carbons (Fsp3) is 0.133. The van der Waals surface area contributed by atoms with Gasteiger partial charge in [0.2, 0.25) is 0 Å². The number of aryl methyl sites for hydroxylation is 1. The van der Waals surface area contributed by atoms with E-state index in [9.17, 15) is 4.79 Å². The highest BCUT2D eigenvalue weighted by Gasteiger charge is 2.11. The van der Waals surface area contributed by atoms with E-state index < -0.39 is 0 Å². The van der Waals surface area contributed by atoms with Crippen molar-refractivity contribution in [1.29, 1.82) is 0 Å². The smallest absolute Gasteiger partial charge is 0.167 e. The molecule has 0 spiro atoms. The van der Waals surface area contributed by atoms with Crippen molar-refractivity contribution in [3.8, 4) is 0 Å². The molecule has 98 valence electrons. The Morgan fingerprint density at radius 1 is 1.16 bits per heavy atom. The van der Waals surface area contributed by atoms with Gasteiger partial charge in [0.05, 0.1) is 0 Å². The molecule has 0 aliphatic heterocycles. The summed E-state index contributed by atoms with van der Waals surface area (Å²) in [6, 6.07) is 10.8. The van der Waals surface area contributed by atoms with Crippen molar-refractivity contribution in [3.63, 3.8) is 0 Å². The molecule has 2 rings (SSSR count). The monoisotopic (exact) mass is 356 g/mol. The zero-order valence-corrected chi connectivity index (χ0v) is 13.3. The van der Waals surface area contributed by atoms with Crippen LogP contribution in [-0.4, -0.2) is 5.78 Å². The molecular formula is C15H11BrCl2O. The van der Waals surface area contributed by atoms with E-state index in [1.165, 1.54) is 0 Å². The first-order valence-electron chi connectivity index (χ1n) is 5.70. The second-order valence-corrected chi connectivity index (χ2v) is 6.11. The predicted molar refractivity (Wildman–Crippen MR) is 83.4 cm³/mol. The van der Waals surface area contributed by atoms with Crippen molar-refractivity contribution in [2.75, 3.05) is 0 Å². The van der Waals surface area contributed by atoms with Crippen molar-refractivity contribution in [1.82, 2.24) is 0 Å². The number of hydrogen-bond acceptors (Lipinski definition) is 1. The van der Waals surface area contributed by atoms with E-state index in [0.717, 1.165) is 15.6 Å². The van der Waals surface area contributed by atoms with Gasteiger partial charge in [0.15, 0.2) is 5.78 Å². The lowest BCUT2D eigenvalue weighted by molar-refractivity contribution is 0.0993. The maximum Gasteiger partial charge on any atom is 0.167 e. The standard InChI is InChI=1S/C15H11BrCl2O/c1-9-4-11(6-12(16)5-9)15(19)8-10-7-13(17)2-3-14(10)18/h2-7H,8H2,1H3. The number of rotatable bonds is 3. The third-order valence-electron chi connectivity index (χ3n) is 2.72. The average molecular weight is 358 g/mol. The van der Waals surface area contributed by atoms with Gasteiger partial charge in [0.25, 0.3) is 0 Å². The second kappa shape index (κ2) is 6.08. The van der Waals surface area contributed by atoms with Crippen LogP contribution in [0.2, 0.25) is 10.0 Å². The highest BCUT2D eigenvalue weighted by molar-refractivity contribution is 9.10. The van der Waals surface area contributed by atoms with Crippen LogP contribution in [-0.2, 0) is 6.42 Å². The number of benzene rings is 2. The maximum absolute atomic E-state index is 12.3. The van der Waals surface area contributed by atoms with E-state index in [1.54, 1.807) is 18.2 Å². The summed E-state index contributed by atoms with van der Waals surface area (Å²) in [6.45, 7) is 1.95. The first-order valence-corrected chi connectivity index (χ1v) is 7.25. The molecule has 1 nitrogen and oxygen atoms in total. The number of carbonyl (C=O) groups excluding carboxylic acids is 1. The van der Waals surface area contributed by atoms with E-state index in [0.29, 0.717) is 15.6 Å². The highest BCUT2D eigenvalue weighted by atomic mass is 79.9. The molecule has 0 saturated carbocycles. The molecule has 0 radical (unpaired) electrons. The molecule has 0 aromatic heterocycles. The minimum Gasteiger partial charge on any atom is -0.294 e. The van der Waals surface area contributed by atoms with E-state index >= 15 is 0 Å². The average Bonchev–Trinajstić information content (AvgIpc) is 2.32. The normalized spacial score (nSPS) is 10.5. The first kappa shape index (κ1) is 14.6. The van der Waals surface area contributed by atoms with Crippen LogP contribution < -0.4 is 0 Å². The summed E-state index contributed by atoms with van der Waals surface area (Å²) in [4.78, 5) is 12.3. The van der Waals surface area contributed by atoms with Crippen LogP contribution >= 0.6 is 39.1 Å². The van der Waals surface area contributed by atoms with E-state index in [1.807, 2.05) is 25.1 Å². The number of ketones is 1. The first-order chi connectivity index (χ1) is 8.95. The van der Waals surface area contributed by atoms with Gasteiger partial charge in [-0.05, 0) is 54.4 Å². The lowest BCUT2D eigenvalue weighted by Gasteiger charge is -2.06. The Labute approximate surface area is 130 Å². The summed E-state index contributed by atoms with van der Waals surface area (Å²) in [5.41, 5.74) is 2.45. The minimum absolute atomic E-state index is 0.0218. The number of hydrogen-bond donors (Lipinski definition) is 0. The van der Waals surface area contributed by atoms with Crippen molar-refractivity contribution in [2.45, 2.75) is 13.3 Å². The summed E-state index contributed by atoms with van der Waals surface area (Å²) in [5.74, 6) is 0.0218. The molecule has 19 heavy (non-hydrogen) atoms. The van der Waals surface area contributed by atoms with Gasteiger partial charge < -0.3 is 0 Å². The van der Waals surface area contributed by atoms with Crippen molar-refractivity contribution >= 4 is 44.9 Å². The van der Waals surface area contributed by atoms with Crippen molar-refractivity contribution in [2.24, 2.45) is 0 Å². The summed E-state index contributed by atoms with van der Waals surface area (Å²) >= 11 is 15.4. The topological polar surface area (TPSA) is 17.1 Å². The minimum atomic E-state index is 0.0218. The van der Waals surface area contributed by atoms with Crippen molar-refractivity contribution < 1.29 is 4.79 Å². The fourth-order valence-corrected chi connectivity index (χ4v) is 2.84. The lowest BCUT2D eigenvalue weighted by atomic mass is 10.0. The molecule has 0 bridgehead atoms. The Morgan fingerprint density at radius 2 is 1.89 bits per heavy atom. The Bertz CT molecular complexity index is 618. The summed E-state index contributed by atoms with van der Waals surface area (Å²) in [7, 11) is 0. The molecule has 4 heteroatoms. The Hall–Kier alpha value is -0.830. The SMILES string of the molecule is Cc1cc(Br)cc(C(=O)Cc2cc(Cl)ccc2Cl)c1. The number of carbonyl (C=O) groups is 1. The zero-order chi connectivity index (χ0) is 14.0. The molecule has 0 aliphatic carbocycles. The molecule has 0 fully saturated rings. The molecule has 2 aromatic rings. The molecule has 0 N–H and O–H groups in total. The molecule has 0 amide bonds. The van der Waals surface area contributed by atoms with Gasteiger partial charge in [0.1, 0.15) is 0 Å². The van der Waals surface area contributed by atoms with Crippen molar-refractivity contribution in [3.05, 3.63) is 67.6 Å². The van der Waals surface area contributed by atoms with Gasteiger partial charge in [-0.2, -0.15) is 0 Å². The second-order valence-electron chi connectivity index (χ2n) is 4.35. The third-order valence-corrected chi connectivity index (χ3v) is 3.78. The Morgan fingerprint density at radius 3 is 2.58 bits per heavy atom. The van der Waals surface area contributed by atoms with E-state index in [2.05, 4.69) is 15.9 Å². The molecule has 0 unspecified atom stereocenters. The summed E-state index contributed by atoms with van der Waals surface area (Å²) in [6.07, 6.45) is 0.245. The van der Waals surface area contributed by atoms with Crippen LogP contribution in [0.25, 0.3) is 0 Å². The Balaban J connectivity index is 2.28. The van der Waals surface area contributed by atoms with Crippen LogP contribution in [0.3, 0.4) is 0 Å². The summed E-state index contributed by atoms with van der Waals surface area (Å²) < 4.78 is 0.896. The van der Waals surface area contributed by atoms with Gasteiger partial charge in [0, 0.05) is 26.5 Å². The van der Waals surface area contributed by atoms with Crippen LogP contribution in [0, 0.1) is 6.92 Å². The number of Topliss-reactive ketones (excluding diaryl/α,β-unsaturated/α-hetero) is 1. The molecule has 2 aromatic carbocycles. The quantitative estimate of drug-likeness (QED) is 0.664. The van der Waals surface area contributed by atoms with Gasteiger partial charge in [-0.15, -0.1) is 0 Å². The molecule has 0 atom stereocenters. The Kier molecular flexibility index (Phi) is 4.67. The highest BCUT2D eigenvalue weighted by Crippen LogP contribution is 2.23.